The monoisotopic (exact) mass is 592 g/mol. The van der Waals surface area contributed by atoms with Crippen molar-refractivity contribution in [1.29, 1.82) is 0 Å². The standard InChI is InChI=1S/C32H33ClN2O5S/c33-22-12-14-23(15-13-22)34-17-8-16-32-27(26-25(41-32)11-6-1-2-7-18-40-31(26)39)29(37)35(28(32)30(34)38)24(20-36)19-21-9-4-3-5-10-21/h3-6,8-16,24-28,36H,1-2,7,17-20H2/b11-6-/t24-,25-,26+,27+,28?,32+/m1/s1. The van der Waals surface area contributed by atoms with Gasteiger partial charge in [0.15, 0.2) is 0 Å². The lowest BCUT2D eigenvalue weighted by Crippen LogP contribution is -2.57. The molecule has 4 heterocycles. The van der Waals surface area contributed by atoms with Crippen LogP contribution in [0, 0.1) is 11.8 Å². The molecule has 1 unspecified atom stereocenters. The quantitative estimate of drug-likeness (QED) is 0.408. The molecule has 0 aromatic heterocycles. The van der Waals surface area contributed by atoms with Crippen LogP contribution in [0.25, 0.3) is 0 Å². The first-order valence-electron chi connectivity index (χ1n) is 14.2. The van der Waals surface area contributed by atoms with E-state index in [9.17, 15) is 19.5 Å². The number of likely N-dealkylation sites (tertiary alicyclic amines) is 1. The molecule has 0 bridgehead atoms. The number of aliphatic hydroxyl groups excluding tert-OH is 1. The van der Waals surface area contributed by atoms with Gasteiger partial charge in [0.1, 0.15) is 6.04 Å². The van der Waals surface area contributed by atoms with Crippen LogP contribution in [0.5, 0.6) is 0 Å². The van der Waals surface area contributed by atoms with E-state index in [1.165, 1.54) is 11.8 Å². The van der Waals surface area contributed by atoms with E-state index in [1.54, 1.807) is 34.1 Å². The Morgan fingerprint density at radius 3 is 2.56 bits per heavy atom. The van der Waals surface area contributed by atoms with Crippen molar-refractivity contribution in [1.82, 2.24) is 4.90 Å². The number of amides is 2. The molecular weight excluding hydrogens is 560 g/mol. The van der Waals surface area contributed by atoms with Gasteiger partial charge in [-0.2, -0.15) is 0 Å². The van der Waals surface area contributed by atoms with E-state index < -0.39 is 34.6 Å². The zero-order valence-electron chi connectivity index (χ0n) is 22.6. The lowest BCUT2D eigenvalue weighted by molar-refractivity contribution is -0.153. The summed E-state index contributed by atoms with van der Waals surface area (Å²) in [6, 6.07) is 15.1. The minimum absolute atomic E-state index is 0.242. The lowest BCUT2D eigenvalue weighted by Gasteiger charge is -2.38. The summed E-state index contributed by atoms with van der Waals surface area (Å²) in [5.41, 5.74) is 1.62. The molecule has 0 radical (unpaired) electrons. The van der Waals surface area contributed by atoms with E-state index in [0.717, 1.165) is 24.8 Å². The molecule has 6 rings (SSSR count). The number of halogens is 1. The summed E-state index contributed by atoms with van der Waals surface area (Å²) < 4.78 is 4.71. The lowest BCUT2D eigenvalue weighted by atomic mass is 9.78. The Morgan fingerprint density at radius 2 is 1.80 bits per heavy atom. The number of thioether (sulfide) groups is 1. The number of rotatable bonds is 5. The molecule has 9 heteroatoms. The molecule has 2 fully saturated rings. The zero-order valence-corrected chi connectivity index (χ0v) is 24.2. The summed E-state index contributed by atoms with van der Waals surface area (Å²) in [5, 5.41) is 10.9. The fourth-order valence-corrected chi connectivity index (χ4v) is 8.85. The molecule has 6 atom stereocenters. The summed E-state index contributed by atoms with van der Waals surface area (Å²) in [5.74, 6) is -2.45. The first-order valence-corrected chi connectivity index (χ1v) is 15.4. The molecule has 2 saturated heterocycles. The van der Waals surface area contributed by atoms with Gasteiger partial charge in [0.25, 0.3) is 5.91 Å². The van der Waals surface area contributed by atoms with Gasteiger partial charge < -0.3 is 19.6 Å². The minimum Gasteiger partial charge on any atom is -0.465 e. The zero-order chi connectivity index (χ0) is 28.6. The number of fused-ring (bicyclic) bond motifs is 2. The summed E-state index contributed by atoms with van der Waals surface area (Å²) >= 11 is 7.65. The van der Waals surface area contributed by atoms with Gasteiger partial charge in [-0.05, 0) is 55.5 Å². The molecule has 1 N–H and O–H groups in total. The molecule has 1 spiro atoms. The normalized spacial score (nSPS) is 31.1. The summed E-state index contributed by atoms with van der Waals surface area (Å²) in [4.78, 5) is 46.0. The highest BCUT2D eigenvalue weighted by Crippen LogP contribution is 2.61. The third-order valence-corrected chi connectivity index (χ3v) is 10.6. The maximum atomic E-state index is 14.6. The SMILES string of the molecule is O=C1OCCCC/C=C\[C@H]2S[C@]34C=CCN(c5ccc(Cl)cc5)C(=O)C3N([C@@H](CO)Cc3ccccc3)C(=O)[C@@H]4[C@@H]12. The Kier molecular flexibility index (Phi) is 7.99. The van der Waals surface area contributed by atoms with E-state index in [0.29, 0.717) is 30.3 Å². The van der Waals surface area contributed by atoms with Gasteiger partial charge in [-0.25, -0.2) is 0 Å². The summed E-state index contributed by atoms with van der Waals surface area (Å²) in [6.45, 7) is 0.307. The number of carbonyl (C=O) groups excluding carboxylic acids is 3. The highest BCUT2D eigenvalue weighted by atomic mass is 35.5. The highest BCUT2D eigenvalue weighted by molar-refractivity contribution is 8.02. The fraction of sp³-hybridized carbons (Fsp3) is 0.406. The van der Waals surface area contributed by atoms with E-state index >= 15 is 0 Å². The van der Waals surface area contributed by atoms with E-state index in [4.69, 9.17) is 16.3 Å². The number of hydrogen-bond donors (Lipinski definition) is 1. The van der Waals surface area contributed by atoms with E-state index in [1.807, 2.05) is 48.6 Å². The topological polar surface area (TPSA) is 87.2 Å². The average molecular weight is 593 g/mol. The molecule has 7 nitrogen and oxygen atoms in total. The van der Waals surface area contributed by atoms with Crippen LogP contribution < -0.4 is 4.90 Å². The van der Waals surface area contributed by atoms with Crippen molar-refractivity contribution in [3.05, 3.63) is 89.5 Å². The van der Waals surface area contributed by atoms with Gasteiger partial charge in [0.2, 0.25) is 5.91 Å². The second-order valence-electron chi connectivity index (χ2n) is 11.0. The van der Waals surface area contributed by atoms with Gasteiger partial charge in [-0.15, -0.1) is 11.8 Å². The molecule has 0 aliphatic carbocycles. The van der Waals surface area contributed by atoms with Crippen LogP contribution in [0.2, 0.25) is 5.02 Å². The molecule has 2 aromatic rings. The van der Waals surface area contributed by atoms with Crippen molar-refractivity contribution in [2.45, 2.75) is 47.8 Å². The molecular formula is C32H33ClN2O5S. The molecule has 4 aliphatic rings. The molecule has 4 aliphatic heterocycles. The molecule has 214 valence electrons. The molecule has 41 heavy (non-hydrogen) atoms. The maximum absolute atomic E-state index is 14.6. The molecule has 2 amide bonds. The molecule has 2 aromatic carbocycles. The van der Waals surface area contributed by atoms with Crippen LogP contribution in [-0.2, 0) is 25.5 Å². The summed E-state index contributed by atoms with van der Waals surface area (Å²) in [6.07, 6.45) is 10.9. The van der Waals surface area contributed by atoms with Crippen molar-refractivity contribution in [3.8, 4) is 0 Å². The number of hydrogen-bond acceptors (Lipinski definition) is 6. The predicted molar refractivity (Wildman–Crippen MR) is 160 cm³/mol. The van der Waals surface area contributed by atoms with Gasteiger partial charge in [0, 0.05) is 22.5 Å². The number of carbonyl (C=O) groups is 3. The average Bonchev–Trinajstić information content (AvgIpc) is 3.37. The van der Waals surface area contributed by atoms with Gasteiger partial charge in [-0.1, -0.05) is 66.2 Å². The Labute approximate surface area is 249 Å². The fourth-order valence-electron chi connectivity index (χ4n) is 6.74. The van der Waals surface area contributed by atoms with Gasteiger partial charge >= 0.3 is 5.97 Å². The Hall–Kier alpha value is -3.07. The largest absolute Gasteiger partial charge is 0.465 e. The number of ether oxygens (including phenoxy) is 1. The third kappa shape index (κ3) is 5.00. The Balaban J connectivity index is 1.47. The first-order chi connectivity index (χ1) is 19.9. The predicted octanol–water partition coefficient (Wildman–Crippen LogP) is 4.43. The van der Waals surface area contributed by atoms with Crippen molar-refractivity contribution in [2.24, 2.45) is 11.8 Å². The van der Waals surface area contributed by atoms with E-state index in [2.05, 4.69) is 6.08 Å². The van der Waals surface area contributed by atoms with Crippen LogP contribution in [-0.4, -0.2) is 69.6 Å². The van der Waals surface area contributed by atoms with Crippen LogP contribution in [0.4, 0.5) is 5.69 Å². The number of benzene rings is 2. The minimum atomic E-state index is -0.994. The van der Waals surface area contributed by atoms with Crippen LogP contribution in [0.1, 0.15) is 24.8 Å². The highest BCUT2D eigenvalue weighted by Gasteiger charge is 2.71. The first kappa shape index (κ1) is 28.1. The summed E-state index contributed by atoms with van der Waals surface area (Å²) in [7, 11) is 0. The van der Waals surface area contributed by atoms with Crippen molar-refractivity contribution >= 4 is 46.8 Å². The number of aliphatic hydroxyl groups is 1. The van der Waals surface area contributed by atoms with Gasteiger partial charge in [-0.3, -0.25) is 14.4 Å². The smallest absolute Gasteiger partial charge is 0.311 e. The number of allylic oxidation sites excluding steroid dienone is 1. The second kappa shape index (κ2) is 11.7. The Bertz CT molecular complexity index is 1370. The maximum Gasteiger partial charge on any atom is 0.311 e. The van der Waals surface area contributed by atoms with Crippen LogP contribution in [0.3, 0.4) is 0 Å². The number of esters is 1. The second-order valence-corrected chi connectivity index (χ2v) is 13.0. The number of anilines is 1. The third-order valence-electron chi connectivity index (χ3n) is 8.60. The van der Waals surface area contributed by atoms with Crippen LogP contribution in [0.15, 0.2) is 78.9 Å². The van der Waals surface area contributed by atoms with Crippen molar-refractivity contribution in [2.75, 3.05) is 24.7 Å². The molecule has 0 saturated carbocycles. The van der Waals surface area contributed by atoms with Gasteiger partial charge in [0.05, 0.1) is 35.8 Å². The Morgan fingerprint density at radius 1 is 1.02 bits per heavy atom. The van der Waals surface area contributed by atoms with Crippen molar-refractivity contribution < 1.29 is 24.2 Å². The van der Waals surface area contributed by atoms with Crippen molar-refractivity contribution in [3.63, 3.8) is 0 Å². The van der Waals surface area contributed by atoms with E-state index in [-0.39, 0.29) is 23.7 Å². The van der Waals surface area contributed by atoms with Crippen LogP contribution >= 0.6 is 23.4 Å². The number of cyclic esters (lactones) is 1. The number of nitrogens with zero attached hydrogens (tertiary/aromatic N) is 2.